The molecule has 0 radical (unpaired) electrons. The van der Waals surface area contributed by atoms with Crippen molar-refractivity contribution >= 4 is 17.4 Å². The Kier molecular flexibility index (Phi) is 5.50. The van der Waals surface area contributed by atoms with Crippen LogP contribution in [0.25, 0.3) is 0 Å². The first-order valence-electron chi connectivity index (χ1n) is 10.4. The van der Waals surface area contributed by atoms with Crippen molar-refractivity contribution in [2.75, 3.05) is 36.4 Å². The van der Waals surface area contributed by atoms with E-state index in [0.29, 0.717) is 6.54 Å². The van der Waals surface area contributed by atoms with Gasteiger partial charge in [-0.15, -0.1) is 0 Å². The van der Waals surface area contributed by atoms with Gasteiger partial charge in [0.15, 0.2) is 5.82 Å². The molecule has 0 saturated carbocycles. The molecule has 1 aromatic heterocycles. The highest BCUT2D eigenvalue weighted by Crippen LogP contribution is 2.26. The molecule has 2 aromatic rings. The summed E-state index contributed by atoms with van der Waals surface area (Å²) in [4.78, 5) is 21.5. The van der Waals surface area contributed by atoms with Crippen molar-refractivity contribution in [1.29, 1.82) is 0 Å². The van der Waals surface area contributed by atoms with Gasteiger partial charge in [0.25, 0.3) is 0 Å². The predicted molar refractivity (Wildman–Crippen MR) is 111 cm³/mol. The number of likely N-dealkylation sites (tertiary alicyclic amines) is 1. The first-order valence-corrected chi connectivity index (χ1v) is 10.4. The standard InChI is InChI=1S/C21H30N6O/c1-15-9-12-26(13-10-15)19-7-5-18(6-8-19)23-21(28)27-11-3-4-17(14-27)20-22-16(2)24-25-20/h5-8,15,17H,3-4,9-14H2,1-2H3,(H,23,28)(H,22,24,25). The van der Waals surface area contributed by atoms with Crippen LogP contribution in [-0.2, 0) is 0 Å². The maximum Gasteiger partial charge on any atom is 0.321 e. The second-order valence-corrected chi connectivity index (χ2v) is 8.21. The van der Waals surface area contributed by atoms with Gasteiger partial charge < -0.3 is 15.1 Å². The molecule has 7 heteroatoms. The van der Waals surface area contributed by atoms with Gasteiger partial charge in [0.2, 0.25) is 0 Å². The summed E-state index contributed by atoms with van der Waals surface area (Å²) >= 11 is 0. The lowest BCUT2D eigenvalue weighted by Crippen LogP contribution is -2.41. The van der Waals surface area contributed by atoms with Crippen LogP contribution in [0.4, 0.5) is 16.2 Å². The average Bonchev–Trinajstić information content (AvgIpc) is 3.16. The molecule has 2 amide bonds. The largest absolute Gasteiger partial charge is 0.372 e. The molecule has 1 unspecified atom stereocenters. The van der Waals surface area contributed by atoms with Gasteiger partial charge in [-0.2, -0.15) is 5.10 Å². The molecule has 2 saturated heterocycles. The van der Waals surface area contributed by atoms with Crippen molar-refractivity contribution in [3.8, 4) is 0 Å². The Morgan fingerprint density at radius 2 is 1.89 bits per heavy atom. The van der Waals surface area contributed by atoms with Crippen LogP contribution in [0.5, 0.6) is 0 Å². The Labute approximate surface area is 166 Å². The van der Waals surface area contributed by atoms with Crippen LogP contribution in [0.2, 0.25) is 0 Å². The zero-order valence-corrected chi connectivity index (χ0v) is 16.8. The molecule has 0 aliphatic carbocycles. The normalized spacial score (nSPS) is 21.0. The number of aromatic nitrogens is 3. The van der Waals surface area contributed by atoms with Gasteiger partial charge >= 0.3 is 6.03 Å². The summed E-state index contributed by atoms with van der Waals surface area (Å²) in [7, 11) is 0. The lowest BCUT2D eigenvalue weighted by molar-refractivity contribution is 0.191. The highest BCUT2D eigenvalue weighted by Gasteiger charge is 2.27. The smallest absolute Gasteiger partial charge is 0.321 e. The van der Waals surface area contributed by atoms with E-state index >= 15 is 0 Å². The van der Waals surface area contributed by atoms with E-state index in [-0.39, 0.29) is 11.9 Å². The first-order chi connectivity index (χ1) is 13.6. The molecule has 2 fully saturated rings. The number of piperidine rings is 2. The van der Waals surface area contributed by atoms with Gasteiger partial charge in [-0.3, -0.25) is 5.10 Å². The van der Waals surface area contributed by atoms with Crippen LogP contribution in [0.1, 0.15) is 50.2 Å². The van der Waals surface area contributed by atoms with E-state index in [0.717, 1.165) is 55.7 Å². The first kappa shape index (κ1) is 18.8. The SMILES string of the molecule is Cc1nc(C2CCCN(C(=O)Nc3ccc(N4CCC(C)CC4)cc3)C2)n[nH]1. The van der Waals surface area contributed by atoms with Crippen LogP contribution < -0.4 is 10.2 Å². The number of anilines is 2. The number of urea groups is 1. The number of hydrogen-bond donors (Lipinski definition) is 2. The van der Waals surface area contributed by atoms with Crippen molar-refractivity contribution in [2.45, 2.75) is 45.4 Å². The fourth-order valence-corrected chi connectivity index (χ4v) is 4.14. The van der Waals surface area contributed by atoms with E-state index in [2.05, 4.69) is 44.5 Å². The molecule has 2 aliphatic heterocycles. The molecule has 2 aliphatic rings. The summed E-state index contributed by atoms with van der Waals surface area (Å²) in [5.74, 6) is 2.66. The number of nitrogens with zero attached hydrogens (tertiary/aromatic N) is 4. The molecule has 150 valence electrons. The summed E-state index contributed by atoms with van der Waals surface area (Å²) in [6.45, 7) is 7.89. The molecule has 1 aromatic carbocycles. The third-order valence-electron chi connectivity index (χ3n) is 5.96. The molecule has 28 heavy (non-hydrogen) atoms. The predicted octanol–water partition coefficient (Wildman–Crippen LogP) is 3.76. The lowest BCUT2D eigenvalue weighted by Gasteiger charge is -2.32. The number of rotatable bonds is 3. The van der Waals surface area contributed by atoms with Crippen molar-refractivity contribution in [1.82, 2.24) is 20.1 Å². The molecule has 1 atom stereocenters. The number of aromatic amines is 1. The lowest BCUT2D eigenvalue weighted by atomic mass is 9.97. The van der Waals surface area contributed by atoms with E-state index in [1.165, 1.54) is 18.5 Å². The van der Waals surface area contributed by atoms with Gasteiger partial charge in [-0.1, -0.05) is 6.92 Å². The number of aryl methyl sites for hydroxylation is 1. The van der Waals surface area contributed by atoms with Crippen LogP contribution in [0, 0.1) is 12.8 Å². The number of hydrogen-bond acceptors (Lipinski definition) is 4. The van der Waals surface area contributed by atoms with Crippen molar-refractivity contribution < 1.29 is 4.79 Å². The second-order valence-electron chi connectivity index (χ2n) is 8.21. The summed E-state index contributed by atoms with van der Waals surface area (Å²) < 4.78 is 0. The summed E-state index contributed by atoms with van der Waals surface area (Å²) in [5, 5.41) is 10.2. The zero-order valence-electron chi connectivity index (χ0n) is 16.8. The highest BCUT2D eigenvalue weighted by atomic mass is 16.2. The van der Waals surface area contributed by atoms with Crippen molar-refractivity contribution in [2.24, 2.45) is 5.92 Å². The topological polar surface area (TPSA) is 77.2 Å². The van der Waals surface area contributed by atoms with Crippen LogP contribution in [0.3, 0.4) is 0 Å². The van der Waals surface area contributed by atoms with Gasteiger partial charge in [-0.25, -0.2) is 9.78 Å². The zero-order chi connectivity index (χ0) is 19.5. The fraction of sp³-hybridized carbons (Fsp3) is 0.571. The molecule has 0 spiro atoms. The maximum absolute atomic E-state index is 12.7. The number of carbonyl (C=O) groups excluding carboxylic acids is 1. The minimum atomic E-state index is -0.0449. The van der Waals surface area contributed by atoms with Gasteiger partial charge in [0.05, 0.1) is 0 Å². The fourth-order valence-electron chi connectivity index (χ4n) is 4.14. The van der Waals surface area contributed by atoms with Crippen molar-refractivity contribution in [3.05, 3.63) is 35.9 Å². The van der Waals surface area contributed by atoms with E-state index in [1.807, 2.05) is 24.0 Å². The molecule has 3 heterocycles. The van der Waals surface area contributed by atoms with E-state index in [4.69, 9.17) is 0 Å². The van der Waals surface area contributed by atoms with Gasteiger partial charge in [0.1, 0.15) is 5.82 Å². The van der Waals surface area contributed by atoms with E-state index < -0.39 is 0 Å². The average molecular weight is 383 g/mol. The van der Waals surface area contributed by atoms with Crippen molar-refractivity contribution in [3.63, 3.8) is 0 Å². The summed E-state index contributed by atoms with van der Waals surface area (Å²) in [5.41, 5.74) is 2.08. The maximum atomic E-state index is 12.7. The van der Waals surface area contributed by atoms with Gasteiger partial charge in [0, 0.05) is 43.5 Å². The third kappa shape index (κ3) is 4.29. The Balaban J connectivity index is 1.34. The molecular weight excluding hydrogens is 352 g/mol. The Morgan fingerprint density at radius 3 is 2.57 bits per heavy atom. The minimum absolute atomic E-state index is 0.0449. The monoisotopic (exact) mass is 382 g/mol. The van der Waals surface area contributed by atoms with E-state index in [1.54, 1.807) is 0 Å². The number of benzene rings is 1. The molecular formula is C21H30N6O. The Bertz CT molecular complexity index is 793. The van der Waals surface area contributed by atoms with Gasteiger partial charge in [-0.05, 0) is 62.8 Å². The number of H-pyrrole nitrogens is 1. The summed E-state index contributed by atoms with van der Waals surface area (Å²) in [6.07, 6.45) is 4.49. The second kappa shape index (κ2) is 8.20. The molecule has 0 bridgehead atoms. The number of carbonyl (C=O) groups is 1. The highest BCUT2D eigenvalue weighted by molar-refractivity contribution is 5.89. The van der Waals surface area contributed by atoms with Crippen LogP contribution in [0.15, 0.2) is 24.3 Å². The molecule has 7 nitrogen and oxygen atoms in total. The molecule has 4 rings (SSSR count). The number of amides is 2. The van der Waals surface area contributed by atoms with Crippen LogP contribution in [-0.4, -0.2) is 52.3 Å². The quantitative estimate of drug-likeness (QED) is 0.847. The Morgan fingerprint density at radius 1 is 1.14 bits per heavy atom. The van der Waals surface area contributed by atoms with E-state index in [9.17, 15) is 4.79 Å². The Hall–Kier alpha value is -2.57. The number of nitrogens with one attached hydrogen (secondary N) is 2. The van der Waals surface area contributed by atoms with Crippen LogP contribution >= 0.6 is 0 Å². The summed E-state index contributed by atoms with van der Waals surface area (Å²) in [6, 6.07) is 8.19. The minimum Gasteiger partial charge on any atom is -0.372 e. The molecule has 2 N–H and O–H groups in total. The third-order valence-corrected chi connectivity index (χ3v) is 5.96.